The molecule has 2 N–H and O–H groups in total. The molecular formula is C16H25N3O2. The lowest BCUT2D eigenvalue weighted by Gasteiger charge is -2.24. The highest BCUT2D eigenvalue weighted by Gasteiger charge is 2.19. The Morgan fingerprint density at radius 3 is 2.67 bits per heavy atom. The number of aliphatic hydroxyl groups excluding tert-OH is 2. The van der Waals surface area contributed by atoms with Crippen molar-refractivity contribution in [3.63, 3.8) is 0 Å². The number of nitrogens with zero attached hydrogens (tertiary/aromatic N) is 3. The highest BCUT2D eigenvalue weighted by atomic mass is 16.3. The van der Waals surface area contributed by atoms with Crippen molar-refractivity contribution in [1.82, 2.24) is 14.5 Å². The molecule has 0 aliphatic rings. The van der Waals surface area contributed by atoms with Crippen LogP contribution in [0.1, 0.15) is 31.3 Å². The van der Waals surface area contributed by atoms with E-state index in [9.17, 15) is 5.11 Å². The van der Waals surface area contributed by atoms with E-state index in [0.717, 1.165) is 23.3 Å². The maximum absolute atomic E-state index is 9.34. The number of benzene rings is 1. The first-order valence-electron chi connectivity index (χ1n) is 7.53. The zero-order valence-electron chi connectivity index (χ0n) is 13.1. The Balaban J connectivity index is 2.48. The van der Waals surface area contributed by atoms with Gasteiger partial charge in [-0.15, -0.1) is 0 Å². The van der Waals surface area contributed by atoms with Crippen LogP contribution in [0.15, 0.2) is 18.2 Å². The first-order valence-corrected chi connectivity index (χ1v) is 7.53. The second-order valence-corrected chi connectivity index (χ2v) is 5.40. The van der Waals surface area contributed by atoms with Crippen molar-refractivity contribution < 1.29 is 10.2 Å². The number of imidazole rings is 1. The fourth-order valence-electron chi connectivity index (χ4n) is 2.62. The van der Waals surface area contributed by atoms with E-state index in [1.807, 2.05) is 7.05 Å². The molecule has 0 spiro atoms. The molecule has 0 radical (unpaired) electrons. The zero-order valence-corrected chi connectivity index (χ0v) is 13.1. The molecule has 5 nitrogen and oxygen atoms in total. The standard InChI is InChI=1S/C16H25N3O2/c1-4-13-5-6-15-14(11-13)17-16(19(15)8-10-21)12(2)18(3)7-9-20/h5-6,11-12,20-21H,4,7-10H2,1-3H3. The topological polar surface area (TPSA) is 61.5 Å². The lowest BCUT2D eigenvalue weighted by molar-refractivity contribution is 0.180. The van der Waals surface area contributed by atoms with Gasteiger partial charge in [-0.1, -0.05) is 13.0 Å². The van der Waals surface area contributed by atoms with Crippen molar-refractivity contribution in [2.24, 2.45) is 0 Å². The van der Waals surface area contributed by atoms with Crippen molar-refractivity contribution in [2.75, 3.05) is 26.8 Å². The largest absolute Gasteiger partial charge is 0.395 e. The van der Waals surface area contributed by atoms with Gasteiger partial charge in [-0.05, 0) is 38.1 Å². The third-order valence-electron chi connectivity index (χ3n) is 4.06. The van der Waals surface area contributed by atoms with Crippen molar-refractivity contribution >= 4 is 11.0 Å². The predicted octanol–water partition coefficient (Wildman–Crippen LogP) is 1.58. The van der Waals surface area contributed by atoms with Crippen LogP contribution in [0.4, 0.5) is 0 Å². The fourth-order valence-corrected chi connectivity index (χ4v) is 2.62. The summed E-state index contributed by atoms with van der Waals surface area (Å²) in [4.78, 5) is 6.84. The van der Waals surface area contributed by atoms with Crippen LogP contribution in [0, 0.1) is 0 Å². The van der Waals surface area contributed by atoms with Gasteiger partial charge in [0.05, 0.1) is 30.3 Å². The molecule has 0 amide bonds. The number of hydrogen-bond acceptors (Lipinski definition) is 4. The highest BCUT2D eigenvalue weighted by Crippen LogP contribution is 2.24. The van der Waals surface area contributed by atoms with E-state index in [2.05, 4.69) is 41.5 Å². The quantitative estimate of drug-likeness (QED) is 0.813. The highest BCUT2D eigenvalue weighted by molar-refractivity contribution is 5.77. The van der Waals surface area contributed by atoms with Crippen LogP contribution in [0.5, 0.6) is 0 Å². The molecule has 116 valence electrons. The van der Waals surface area contributed by atoms with Gasteiger partial charge in [0.25, 0.3) is 0 Å². The van der Waals surface area contributed by atoms with Crippen molar-refractivity contribution in [3.8, 4) is 0 Å². The molecule has 0 aliphatic heterocycles. The maximum atomic E-state index is 9.34. The van der Waals surface area contributed by atoms with Gasteiger partial charge in [-0.2, -0.15) is 0 Å². The van der Waals surface area contributed by atoms with Gasteiger partial charge in [0, 0.05) is 13.1 Å². The van der Waals surface area contributed by atoms with E-state index in [1.54, 1.807) is 0 Å². The summed E-state index contributed by atoms with van der Waals surface area (Å²) in [6, 6.07) is 6.40. The molecule has 0 saturated heterocycles. The van der Waals surface area contributed by atoms with Crippen LogP contribution in [0.3, 0.4) is 0 Å². The average Bonchev–Trinajstić information content (AvgIpc) is 2.85. The van der Waals surface area contributed by atoms with E-state index in [1.165, 1.54) is 5.56 Å². The monoisotopic (exact) mass is 291 g/mol. The average molecular weight is 291 g/mol. The van der Waals surface area contributed by atoms with Crippen LogP contribution < -0.4 is 0 Å². The molecule has 1 aromatic carbocycles. The van der Waals surface area contributed by atoms with E-state index < -0.39 is 0 Å². The molecule has 1 unspecified atom stereocenters. The number of fused-ring (bicyclic) bond motifs is 1. The Hall–Kier alpha value is -1.43. The summed E-state index contributed by atoms with van der Waals surface area (Å²) in [5.41, 5.74) is 3.29. The predicted molar refractivity (Wildman–Crippen MR) is 84.3 cm³/mol. The number of aryl methyl sites for hydroxylation is 1. The number of likely N-dealkylation sites (N-methyl/N-ethyl adjacent to an activating group) is 1. The van der Waals surface area contributed by atoms with Gasteiger partial charge in [0.15, 0.2) is 0 Å². The Morgan fingerprint density at radius 2 is 2.05 bits per heavy atom. The SMILES string of the molecule is CCc1ccc2c(c1)nc(C(C)N(C)CCO)n2CCO. The normalized spacial score (nSPS) is 13.2. The number of aromatic nitrogens is 2. The second-order valence-electron chi connectivity index (χ2n) is 5.40. The molecule has 5 heteroatoms. The molecule has 21 heavy (non-hydrogen) atoms. The lowest BCUT2D eigenvalue weighted by atomic mass is 10.1. The Morgan fingerprint density at radius 1 is 1.29 bits per heavy atom. The third kappa shape index (κ3) is 3.26. The number of aliphatic hydroxyl groups is 2. The molecule has 1 aromatic heterocycles. The van der Waals surface area contributed by atoms with E-state index in [4.69, 9.17) is 10.1 Å². The Bertz CT molecular complexity index is 594. The Kier molecular flexibility index (Phi) is 5.33. The van der Waals surface area contributed by atoms with Gasteiger partial charge in [0.2, 0.25) is 0 Å². The summed E-state index contributed by atoms with van der Waals surface area (Å²) >= 11 is 0. The summed E-state index contributed by atoms with van der Waals surface area (Å²) in [6.07, 6.45) is 0.984. The van der Waals surface area contributed by atoms with Gasteiger partial charge < -0.3 is 14.8 Å². The van der Waals surface area contributed by atoms with E-state index >= 15 is 0 Å². The summed E-state index contributed by atoms with van der Waals surface area (Å²) in [7, 11) is 1.97. The second kappa shape index (κ2) is 7.02. The van der Waals surface area contributed by atoms with Crippen LogP contribution >= 0.6 is 0 Å². The summed E-state index contributed by atoms with van der Waals surface area (Å²) in [5, 5.41) is 18.4. The fraction of sp³-hybridized carbons (Fsp3) is 0.562. The minimum atomic E-state index is 0.0844. The van der Waals surface area contributed by atoms with Crippen molar-refractivity contribution in [2.45, 2.75) is 32.9 Å². The summed E-state index contributed by atoms with van der Waals surface area (Å²) < 4.78 is 2.08. The van der Waals surface area contributed by atoms with Crippen molar-refractivity contribution in [3.05, 3.63) is 29.6 Å². The number of rotatable bonds is 7. The zero-order chi connectivity index (χ0) is 15.4. The van der Waals surface area contributed by atoms with Gasteiger partial charge in [0.1, 0.15) is 5.82 Å². The van der Waals surface area contributed by atoms with Gasteiger partial charge in [-0.25, -0.2) is 4.98 Å². The smallest absolute Gasteiger partial charge is 0.127 e. The molecule has 1 atom stereocenters. The lowest BCUT2D eigenvalue weighted by Crippen LogP contribution is -2.28. The molecule has 1 heterocycles. The van der Waals surface area contributed by atoms with Gasteiger partial charge in [-0.3, -0.25) is 4.90 Å². The van der Waals surface area contributed by atoms with Crippen LogP contribution in [-0.2, 0) is 13.0 Å². The molecule has 0 aliphatic carbocycles. The van der Waals surface area contributed by atoms with Crippen molar-refractivity contribution in [1.29, 1.82) is 0 Å². The maximum Gasteiger partial charge on any atom is 0.127 e. The molecule has 2 rings (SSSR count). The number of hydrogen-bond donors (Lipinski definition) is 2. The van der Waals surface area contributed by atoms with Gasteiger partial charge >= 0.3 is 0 Å². The minimum absolute atomic E-state index is 0.0844. The molecule has 0 bridgehead atoms. The van der Waals surface area contributed by atoms with Crippen LogP contribution in [-0.4, -0.2) is 51.5 Å². The van der Waals surface area contributed by atoms with E-state index in [0.29, 0.717) is 13.1 Å². The van der Waals surface area contributed by atoms with Crippen LogP contribution in [0.2, 0.25) is 0 Å². The van der Waals surface area contributed by atoms with E-state index in [-0.39, 0.29) is 19.3 Å². The molecule has 0 saturated carbocycles. The first kappa shape index (κ1) is 15.9. The molecule has 2 aromatic rings. The van der Waals surface area contributed by atoms with Crippen LogP contribution in [0.25, 0.3) is 11.0 Å². The first-order chi connectivity index (χ1) is 10.1. The summed E-state index contributed by atoms with van der Waals surface area (Å²) in [5.74, 6) is 0.934. The summed E-state index contributed by atoms with van der Waals surface area (Å²) in [6.45, 7) is 5.56. The molecular weight excluding hydrogens is 266 g/mol. The Labute approximate surface area is 125 Å². The molecule has 0 fully saturated rings. The minimum Gasteiger partial charge on any atom is -0.395 e. The third-order valence-corrected chi connectivity index (χ3v) is 4.06.